The van der Waals surface area contributed by atoms with Crippen LogP contribution in [0, 0.1) is 0 Å². The number of carboxylic acids is 3. The van der Waals surface area contributed by atoms with Gasteiger partial charge in [0.1, 0.15) is 12.6 Å². The van der Waals surface area contributed by atoms with Crippen LogP contribution in [0.3, 0.4) is 0 Å². The van der Waals surface area contributed by atoms with Crippen LogP contribution in [0.2, 0.25) is 0 Å². The molecule has 0 spiro atoms. The first-order chi connectivity index (χ1) is 28.9. The quantitative estimate of drug-likeness (QED) is 0.0331. The van der Waals surface area contributed by atoms with Crippen LogP contribution >= 0.6 is 0 Å². The molecule has 62 heavy (non-hydrogen) atoms. The van der Waals surface area contributed by atoms with E-state index in [0.717, 1.165) is 45.0 Å². The zero-order valence-corrected chi connectivity index (χ0v) is 37.3. The highest BCUT2D eigenvalue weighted by Crippen LogP contribution is 2.52. The van der Waals surface area contributed by atoms with Crippen molar-refractivity contribution in [3.05, 3.63) is 89.0 Å². The third kappa shape index (κ3) is 12.1. The van der Waals surface area contributed by atoms with Gasteiger partial charge in [0.25, 0.3) is 20.2 Å². The number of aliphatic carboxylic acids is 3. The number of carboxylic acid groups (broad SMARTS) is 3. The number of nitrogens with one attached hydrogen (secondary N) is 1. The Morgan fingerprint density at radius 2 is 1.40 bits per heavy atom. The Morgan fingerprint density at radius 1 is 0.790 bits per heavy atom. The third-order valence-electron chi connectivity index (χ3n) is 11.7. The van der Waals surface area contributed by atoms with Gasteiger partial charge in [-0.15, -0.1) is 0 Å². The molecule has 1 amide bonds. The molecule has 18 heteroatoms. The summed E-state index contributed by atoms with van der Waals surface area (Å²) in [7, 11) is -8.82. The molecule has 2 unspecified atom stereocenters. The first-order valence-electron chi connectivity index (χ1n) is 20.5. The van der Waals surface area contributed by atoms with Gasteiger partial charge < -0.3 is 20.6 Å². The second-order valence-electron chi connectivity index (χ2n) is 16.7. The standard InChI is InChI=1S/C44H57N3O13S2/c1-6-31-32-21-19-29(61(55,56)57)25-34(32)43(2,3)33(31)15-9-7-10-17-38-44(4,5)35-26-30(62(58,59)60)20-22-36(35)47(38)24-14-8-11-18-39(48)45-23-13-12-16-37(42(53)54)46(27-40(49)50)28-41(51)52/h7,9-10,15,17,19-22,25-26,31,37H,6,8,11-14,16,18,23-24,27-28H2,1-5H3,(H5-,45,48,49,50,51,52,53,54,55,56,57,58,59,60)/p+1/b9-7+,17-10+,33-15+. The van der Waals surface area contributed by atoms with Crippen LogP contribution in [0.1, 0.15) is 109 Å². The van der Waals surface area contributed by atoms with Crippen LogP contribution in [0.5, 0.6) is 0 Å². The van der Waals surface area contributed by atoms with Crippen molar-refractivity contribution in [1.82, 2.24) is 10.2 Å². The van der Waals surface area contributed by atoms with Gasteiger partial charge in [0, 0.05) is 48.4 Å². The molecule has 0 aromatic heterocycles. The number of unbranched alkanes of at least 4 members (excludes halogenated alkanes) is 3. The van der Waals surface area contributed by atoms with Gasteiger partial charge in [0.15, 0.2) is 5.71 Å². The Morgan fingerprint density at radius 3 is 1.98 bits per heavy atom. The molecule has 0 saturated heterocycles. The second kappa shape index (κ2) is 20.4. The predicted octanol–water partition coefficient (Wildman–Crippen LogP) is 5.85. The maximum absolute atomic E-state index is 12.6. The Balaban J connectivity index is 1.41. The minimum absolute atomic E-state index is 0.0133. The third-order valence-corrected chi connectivity index (χ3v) is 13.4. The smallest absolute Gasteiger partial charge is 0.320 e. The van der Waals surface area contributed by atoms with Crippen LogP contribution in [-0.4, -0.2) is 112 Å². The Kier molecular flexibility index (Phi) is 16.4. The number of carbonyl (C=O) groups is 4. The highest BCUT2D eigenvalue weighted by atomic mass is 32.2. The molecule has 1 aliphatic heterocycles. The van der Waals surface area contributed by atoms with Gasteiger partial charge in [-0.3, -0.25) is 33.2 Å². The van der Waals surface area contributed by atoms with E-state index in [-0.39, 0.29) is 41.0 Å². The average Bonchev–Trinajstić information content (AvgIpc) is 3.51. The van der Waals surface area contributed by atoms with Gasteiger partial charge in [0.2, 0.25) is 11.6 Å². The Bertz CT molecular complexity index is 2380. The lowest BCUT2D eigenvalue weighted by atomic mass is 9.80. The summed E-state index contributed by atoms with van der Waals surface area (Å²) >= 11 is 0. The highest BCUT2D eigenvalue weighted by molar-refractivity contribution is 7.86. The first-order valence-corrected chi connectivity index (χ1v) is 23.4. The molecule has 1 heterocycles. The molecule has 338 valence electrons. The lowest BCUT2D eigenvalue weighted by Gasteiger charge is -2.25. The van der Waals surface area contributed by atoms with Gasteiger partial charge in [-0.25, -0.2) is 0 Å². The van der Waals surface area contributed by atoms with Crippen LogP contribution in [0.15, 0.2) is 82.1 Å². The van der Waals surface area contributed by atoms with E-state index in [0.29, 0.717) is 38.6 Å². The summed E-state index contributed by atoms with van der Waals surface area (Å²) in [5, 5.41) is 30.5. The van der Waals surface area contributed by atoms with E-state index in [1.165, 1.54) is 18.2 Å². The van der Waals surface area contributed by atoms with E-state index in [4.69, 9.17) is 10.2 Å². The highest BCUT2D eigenvalue weighted by Gasteiger charge is 2.45. The summed E-state index contributed by atoms with van der Waals surface area (Å²) in [6, 6.07) is 8.00. The van der Waals surface area contributed by atoms with Crippen molar-refractivity contribution in [1.29, 1.82) is 0 Å². The summed E-state index contributed by atoms with van der Waals surface area (Å²) in [6.07, 6.45) is 13.5. The molecule has 4 rings (SSSR count). The van der Waals surface area contributed by atoms with Crippen molar-refractivity contribution in [2.75, 3.05) is 26.2 Å². The van der Waals surface area contributed by atoms with Gasteiger partial charge in [0.05, 0.1) is 28.3 Å². The number of hydrogen-bond donors (Lipinski definition) is 6. The molecule has 0 radical (unpaired) electrons. The van der Waals surface area contributed by atoms with E-state index < -0.39 is 68.1 Å². The lowest BCUT2D eigenvalue weighted by Crippen LogP contribution is -2.46. The summed E-state index contributed by atoms with van der Waals surface area (Å²) in [5.41, 5.74) is 4.24. The zero-order chi connectivity index (χ0) is 46.2. The lowest BCUT2D eigenvalue weighted by molar-refractivity contribution is -0.438. The molecule has 2 atom stereocenters. The normalized spacial score (nSPS) is 18.1. The minimum Gasteiger partial charge on any atom is -0.480 e. The van der Waals surface area contributed by atoms with Crippen molar-refractivity contribution in [3.8, 4) is 0 Å². The molecule has 0 bridgehead atoms. The van der Waals surface area contributed by atoms with Crippen LogP contribution in [0.25, 0.3) is 0 Å². The fraction of sp³-hybridized carbons (Fsp3) is 0.477. The van der Waals surface area contributed by atoms with Gasteiger partial charge in [-0.2, -0.15) is 21.4 Å². The van der Waals surface area contributed by atoms with Crippen molar-refractivity contribution in [2.24, 2.45) is 0 Å². The van der Waals surface area contributed by atoms with E-state index >= 15 is 0 Å². The van der Waals surface area contributed by atoms with Crippen molar-refractivity contribution >= 4 is 55.5 Å². The number of benzene rings is 2. The van der Waals surface area contributed by atoms with Gasteiger partial charge >= 0.3 is 17.9 Å². The van der Waals surface area contributed by atoms with E-state index in [1.54, 1.807) is 18.2 Å². The number of allylic oxidation sites excluding steroid dienone is 6. The van der Waals surface area contributed by atoms with E-state index in [2.05, 4.69) is 16.8 Å². The molecular weight excluding hydrogens is 843 g/mol. The zero-order valence-electron chi connectivity index (χ0n) is 35.7. The number of rotatable bonds is 23. The number of carbonyl (C=O) groups excluding carboxylic acids is 1. The SMILES string of the molecule is CCC1\C(=C/C=C/C=C/C2=[N+](CCCCCC(=O)NCCCCC(C(=O)O)N(CC(=O)O)CC(=O)O)c3ccc(S(=O)(=O)O)cc3C2(C)C)C(C)(C)c2cc(S(=O)(=O)O)ccc21. The van der Waals surface area contributed by atoms with Gasteiger partial charge in [-0.05, 0) is 87.8 Å². The molecule has 1 aliphatic carbocycles. The van der Waals surface area contributed by atoms with Crippen LogP contribution in [0.4, 0.5) is 5.69 Å². The van der Waals surface area contributed by atoms with Crippen molar-refractivity contribution in [3.63, 3.8) is 0 Å². The Labute approximate surface area is 363 Å². The maximum Gasteiger partial charge on any atom is 0.320 e. The van der Waals surface area contributed by atoms with Crippen molar-refractivity contribution in [2.45, 2.75) is 119 Å². The number of nitrogens with zero attached hydrogens (tertiary/aromatic N) is 2. The Hall–Kier alpha value is -5.01. The molecule has 2 aliphatic rings. The van der Waals surface area contributed by atoms with Crippen LogP contribution < -0.4 is 5.32 Å². The molecular formula is C44H58N3O13S2+. The second-order valence-corrected chi connectivity index (χ2v) is 19.5. The summed E-state index contributed by atoms with van der Waals surface area (Å²) in [4.78, 5) is 47.1. The van der Waals surface area contributed by atoms with Gasteiger partial charge in [-0.1, -0.05) is 56.7 Å². The molecule has 2 aromatic rings. The molecule has 0 fully saturated rings. The summed E-state index contributed by atoms with van der Waals surface area (Å²) in [6.45, 7) is 9.45. The van der Waals surface area contributed by atoms with Crippen LogP contribution in [-0.2, 0) is 50.2 Å². The van der Waals surface area contributed by atoms with E-state index in [1.807, 2.05) is 58.1 Å². The maximum atomic E-state index is 12.6. The average molecular weight is 901 g/mol. The number of hydrogen-bond acceptors (Lipinski definition) is 9. The summed E-state index contributed by atoms with van der Waals surface area (Å²) in [5.74, 6) is -4.13. The fourth-order valence-corrected chi connectivity index (χ4v) is 9.60. The largest absolute Gasteiger partial charge is 0.480 e. The monoisotopic (exact) mass is 900 g/mol. The minimum atomic E-state index is -4.46. The topological polar surface area (TPSA) is 256 Å². The number of fused-ring (bicyclic) bond motifs is 2. The molecule has 2 aromatic carbocycles. The molecule has 6 N–H and O–H groups in total. The predicted molar refractivity (Wildman–Crippen MR) is 231 cm³/mol. The number of amides is 1. The van der Waals surface area contributed by atoms with Crippen molar-refractivity contribution < 1.29 is 65.0 Å². The molecule has 16 nitrogen and oxygen atoms in total. The first kappa shape index (κ1) is 49.6. The fourth-order valence-electron chi connectivity index (χ4n) is 8.59. The summed E-state index contributed by atoms with van der Waals surface area (Å²) < 4.78 is 69.6. The van der Waals surface area contributed by atoms with E-state index in [9.17, 15) is 50.2 Å². The molecule has 0 saturated carbocycles.